The minimum Gasteiger partial charge on any atom is -0.393 e. The molecule has 7 heteroatoms. The van der Waals surface area contributed by atoms with Crippen molar-refractivity contribution in [2.75, 3.05) is 0 Å². The van der Waals surface area contributed by atoms with Crippen LogP contribution in [-0.2, 0) is 32.4 Å². The van der Waals surface area contributed by atoms with Gasteiger partial charge in [-0.2, -0.15) is 0 Å². The van der Waals surface area contributed by atoms with Crippen LogP contribution in [0.15, 0.2) is 85.1 Å². The van der Waals surface area contributed by atoms with E-state index in [1.165, 1.54) is 62.3 Å². The van der Waals surface area contributed by atoms with Crippen molar-refractivity contribution in [1.82, 2.24) is 15.0 Å². The molecule has 0 fully saturated rings. The minimum absolute atomic E-state index is 0. The van der Waals surface area contributed by atoms with Crippen LogP contribution in [0.3, 0.4) is 0 Å². The number of hydrogen-bond donors (Lipinski definition) is 1. The number of aromatic nitrogens is 3. The van der Waals surface area contributed by atoms with Crippen LogP contribution in [0.1, 0.15) is 59.2 Å². The van der Waals surface area contributed by atoms with Gasteiger partial charge in [0.15, 0.2) is 0 Å². The van der Waals surface area contributed by atoms with E-state index in [0.717, 1.165) is 11.3 Å². The van der Waals surface area contributed by atoms with Gasteiger partial charge in [-0.25, -0.2) is 4.68 Å². The molecule has 0 aliphatic carbocycles. The van der Waals surface area contributed by atoms with E-state index in [4.69, 9.17) is 5.11 Å². The number of carbonyl (C=O) groups is 1. The zero-order valence-corrected chi connectivity index (χ0v) is 29.9. The van der Waals surface area contributed by atoms with Gasteiger partial charge < -0.3 is 5.11 Å². The Balaban J connectivity index is 0.000000621. The normalized spacial score (nSPS) is 11.2. The Morgan fingerprint density at radius 2 is 1.33 bits per heavy atom. The quantitative estimate of drug-likeness (QED) is 0.205. The maximum absolute atomic E-state index is 10.1. The second-order valence-electron chi connectivity index (χ2n) is 12.2. The molecule has 1 unspecified atom stereocenters. The molecule has 0 spiro atoms. The van der Waals surface area contributed by atoms with E-state index < -0.39 is 6.10 Å². The number of rotatable bonds is 8. The van der Waals surface area contributed by atoms with Crippen LogP contribution >= 0.6 is 0 Å². The first-order chi connectivity index (χ1) is 20.9. The van der Waals surface area contributed by atoms with Gasteiger partial charge in [-0.15, -0.1) is 5.10 Å². The Morgan fingerprint density at radius 1 is 0.800 bits per heavy atom. The Kier molecular flexibility index (Phi) is 12.8. The van der Waals surface area contributed by atoms with Crippen LogP contribution in [0.25, 0.3) is 11.3 Å². The van der Waals surface area contributed by atoms with E-state index in [9.17, 15) is 4.79 Å². The Bertz CT molecular complexity index is 1640. The number of carbonyl (C=O) groups excluding carboxylic acids is 1. The number of aliphatic hydroxyl groups is 1. The smallest absolute Gasteiger partial charge is 0.393 e. The SMILES string of the molecule is CC(=O)CC(C)O.Cc1cc(C)c(B(c2cccc(-c3cn(Cc4ccccc4)nn3)c2)c2c(C)cc(C)cc2C)c(C)c1.[Pt+2]. The van der Waals surface area contributed by atoms with E-state index in [1.807, 2.05) is 16.9 Å². The molecule has 4 aromatic carbocycles. The molecule has 0 saturated carbocycles. The topological polar surface area (TPSA) is 68.0 Å². The van der Waals surface area contributed by atoms with Crippen molar-refractivity contribution in [2.45, 2.75) is 74.5 Å². The molecular weight excluding hydrogens is 736 g/mol. The molecule has 45 heavy (non-hydrogen) atoms. The van der Waals surface area contributed by atoms with Crippen LogP contribution in [0.2, 0.25) is 0 Å². The van der Waals surface area contributed by atoms with Gasteiger partial charge in [0.05, 0.1) is 18.8 Å². The molecule has 5 nitrogen and oxygen atoms in total. The van der Waals surface area contributed by atoms with Gasteiger partial charge in [0, 0.05) is 12.0 Å². The van der Waals surface area contributed by atoms with Crippen molar-refractivity contribution in [3.8, 4) is 11.3 Å². The molecular formula is C38H44BN3O2Pt+2. The fourth-order valence-corrected chi connectivity index (χ4v) is 6.34. The monoisotopic (exact) mass is 780 g/mol. The Hall–Kier alpha value is -3.60. The number of benzene rings is 4. The van der Waals surface area contributed by atoms with Crippen molar-refractivity contribution < 1.29 is 31.0 Å². The van der Waals surface area contributed by atoms with Gasteiger partial charge in [0.1, 0.15) is 11.5 Å². The number of ketones is 1. The van der Waals surface area contributed by atoms with Crippen LogP contribution in [-0.4, -0.2) is 38.7 Å². The first kappa shape index (κ1) is 35.9. The predicted molar refractivity (Wildman–Crippen MR) is 184 cm³/mol. The number of aliphatic hydroxyl groups excluding tert-OH is 1. The molecule has 1 atom stereocenters. The van der Waals surface area contributed by atoms with Gasteiger partial charge in [-0.3, -0.25) is 4.79 Å². The Labute approximate surface area is 283 Å². The van der Waals surface area contributed by atoms with Gasteiger partial charge in [-0.1, -0.05) is 134 Å². The Morgan fingerprint density at radius 3 is 1.80 bits per heavy atom. The minimum atomic E-state index is -0.475. The third-order valence-electron chi connectivity index (χ3n) is 7.88. The summed E-state index contributed by atoms with van der Waals surface area (Å²) in [5.41, 5.74) is 15.2. The average molecular weight is 781 g/mol. The van der Waals surface area contributed by atoms with E-state index in [1.54, 1.807) is 6.92 Å². The molecule has 0 amide bonds. The van der Waals surface area contributed by atoms with Crippen molar-refractivity contribution in [2.24, 2.45) is 0 Å². The van der Waals surface area contributed by atoms with Crippen LogP contribution in [0.5, 0.6) is 0 Å². The summed E-state index contributed by atoms with van der Waals surface area (Å²) in [6.45, 7) is 17.3. The number of hydrogen-bond acceptors (Lipinski definition) is 4. The average Bonchev–Trinajstić information content (AvgIpc) is 3.40. The largest absolute Gasteiger partial charge is 2.00 e. The van der Waals surface area contributed by atoms with Gasteiger partial charge in [0.2, 0.25) is 6.71 Å². The predicted octanol–water partition coefficient (Wildman–Crippen LogP) is 5.70. The van der Waals surface area contributed by atoms with Gasteiger partial charge in [0.25, 0.3) is 0 Å². The fraction of sp³-hybridized carbons (Fsp3) is 0.289. The molecule has 1 N–H and O–H groups in total. The number of Topliss-reactive ketones (excluding diaryl/α,β-unsaturated/α-hetero) is 1. The van der Waals surface area contributed by atoms with E-state index in [2.05, 4.69) is 125 Å². The second-order valence-corrected chi connectivity index (χ2v) is 12.2. The molecule has 1 heterocycles. The molecule has 0 aliphatic heterocycles. The molecule has 5 aromatic rings. The zero-order chi connectivity index (χ0) is 32.0. The molecule has 0 saturated heterocycles. The number of nitrogens with zero attached hydrogens (tertiary/aromatic N) is 3. The third-order valence-corrected chi connectivity index (χ3v) is 7.88. The standard InChI is InChI=1S/C33H34BN3.C5H10O2.Pt/c1-22-15-24(3)32(25(4)16-22)34(33-26(5)17-23(2)18-27(33)6)30-14-10-13-29(19-30)31-21-37(36-35-31)20-28-11-8-7-9-12-28;1-4(6)3-5(2)7;/h7-19,21H,20H2,1-6H3;4,6H,3H2,1-2H3;/q;;+2. The molecule has 0 radical (unpaired) electrons. The maximum atomic E-state index is 10.1. The van der Waals surface area contributed by atoms with Crippen molar-refractivity contribution in [3.63, 3.8) is 0 Å². The first-order valence-corrected chi connectivity index (χ1v) is 15.3. The molecule has 0 bridgehead atoms. The molecule has 1 aromatic heterocycles. The summed E-state index contributed by atoms with van der Waals surface area (Å²) >= 11 is 0. The molecule has 234 valence electrons. The van der Waals surface area contributed by atoms with E-state index >= 15 is 0 Å². The third kappa shape index (κ3) is 9.45. The van der Waals surface area contributed by atoms with E-state index in [-0.39, 0.29) is 40.0 Å². The summed E-state index contributed by atoms with van der Waals surface area (Å²) in [5.74, 6) is 0.0370. The molecule has 5 rings (SSSR count). The summed E-state index contributed by atoms with van der Waals surface area (Å²) in [5, 5.41) is 17.5. The van der Waals surface area contributed by atoms with Crippen LogP contribution in [0.4, 0.5) is 0 Å². The van der Waals surface area contributed by atoms with Crippen LogP contribution in [0, 0.1) is 41.5 Å². The van der Waals surface area contributed by atoms with Crippen LogP contribution < -0.4 is 16.4 Å². The fourth-order valence-electron chi connectivity index (χ4n) is 6.34. The number of aryl methyl sites for hydroxylation is 6. The summed E-state index contributed by atoms with van der Waals surface area (Å²) in [6.07, 6.45) is 1.85. The van der Waals surface area contributed by atoms with Crippen molar-refractivity contribution >= 4 is 28.9 Å². The van der Waals surface area contributed by atoms with Gasteiger partial charge >= 0.3 is 21.1 Å². The maximum Gasteiger partial charge on any atom is 2.00 e. The summed E-state index contributed by atoms with van der Waals surface area (Å²) in [6, 6.07) is 28.5. The van der Waals surface area contributed by atoms with Crippen molar-refractivity contribution in [3.05, 3.63) is 124 Å². The first-order valence-electron chi connectivity index (χ1n) is 15.3. The van der Waals surface area contributed by atoms with Gasteiger partial charge in [-0.05, 0) is 61.0 Å². The molecule has 0 aliphatic rings. The summed E-state index contributed by atoms with van der Waals surface area (Å²) < 4.78 is 1.91. The van der Waals surface area contributed by atoms with E-state index in [0.29, 0.717) is 6.54 Å². The zero-order valence-electron chi connectivity index (χ0n) is 27.7. The second kappa shape index (κ2) is 16.1. The summed E-state index contributed by atoms with van der Waals surface area (Å²) in [7, 11) is 0. The summed E-state index contributed by atoms with van der Waals surface area (Å²) in [4.78, 5) is 10.1. The van der Waals surface area contributed by atoms with Crippen molar-refractivity contribution in [1.29, 1.82) is 0 Å².